The summed E-state index contributed by atoms with van der Waals surface area (Å²) in [5.41, 5.74) is 7.47. The van der Waals surface area contributed by atoms with Crippen LogP contribution in [0.15, 0.2) is 138 Å². The maximum atomic E-state index is 12.9. The second-order valence-electron chi connectivity index (χ2n) is 19.5. The van der Waals surface area contributed by atoms with E-state index in [0.29, 0.717) is 36.9 Å². The van der Waals surface area contributed by atoms with Crippen LogP contribution in [0.1, 0.15) is 68.4 Å². The fraction of sp³-hybridized carbons (Fsp3) is 0.357. The fourth-order valence-corrected chi connectivity index (χ4v) is 10.5. The molecule has 67 heavy (non-hydrogen) atoms. The van der Waals surface area contributed by atoms with E-state index in [-0.39, 0.29) is 22.7 Å². The molecule has 2 atom stereocenters. The molecule has 3 aliphatic rings. The Labute approximate surface area is 396 Å². The van der Waals surface area contributed by atoms with Crippen molar-refractivity contribution in [3.05, 3.63) is 166 Å². The number of rotatable bonds is 19. The van der Waals surface area contributed by atoms with Crippen LogP contribution in [0.5, 0.6) is 11.5 Å². The number of nitrogens with zero attached hydrogens (tertiary/aromatic N) is 2. The molecule has 3 fully saturated rings. The van der Waals surface area contributed by atoms with Crippen molar-refractivity contribution in [3.8, 4) is 22.6 Å². The first-order valence-corrected chi connectivity index (χ1v) is 26.8. The molecule has 9 rings (SSSR count). The zero-order valence-electron chi connectivity index (χ0n) is 39.7. The summed E-state index contributed by atoms with van der Waals surface area (Å²) in [4.78, 5) is 32.6. The third-order valence-electron chi connectivity index (χ3n) is 13.9. The molecule has 11 heteroatoms. The smallest absolute Gasteiger partial charge is 0.412 e. The van der Waals surface area contributed by atoms with Gasteiger partial charge in [0.05, 0.1) is 30.0 Å². The van der Waals surface area contributed by atoms with Crippen molar-refractivity contribution in [1.29, 1.82) is 0 Å². The van der Waals surface area contributed by atoms with Gasteiger partial charge >= 0.3 is 6.09 Å². The molecule has 2 bridgehead atoms. The molecule has 3 saturated heterocycles. The van der Waals surface area contributed by atoms with Crippen LogP contribution < -0.4 is 25.2 Å². The Balaban J connectivity index is 0.868. The molecule has 0 radical (unpaired) electrons. The Morgan fingerprint density at radius 1 is 0.896 bits per heavy atom. The molecule has 5 aromatic carbocycles. The Hall–Kier alpha value is -5.98. The summed E-state index contributed by atoms with van der Waals surface area (Å²) in [6.07, 6.45) is 6.73. The largest absolute Gasteiger partial charge is 0.493 e. The number of nitrogens with one attached hydrogen (secondary N) is 2. The zero-order chi connectivity index (χ0) is 47.0. The van der Waals surface area contributed by atoms with Crippen LogP contribution in [0.25, 0.3) is 28.1 Å². The number of pyridine rings is 1. The lowest BCUT2D eigenvalue weighted by atomic mass is 9.82. The quantitative estimate of drug-likeness (QED) is 0.0543. The molecule has 3 aliphatic heterocycles. The number of carboxylic acid groups (broad SMARTS) is 1. The number of anilines is 1. The van der Waals surface area contributed by atoms with Gasteiger partial charge in [-0.3, -0.25) is 9.69 Å². The first kappa shape index (κ1) is 47.5. The van der Waals surface area contributed by atoms with Crippen LogP contribution in [0.4, 0.5) is 10.5 Å². The lowest BCUT2D eigenvalue weighted by Crippen LogP contribution is -2.58. The lowest BCUT2D eigenvalue weighted by Gasteiger charge is -2.48. The molecule has 1 amide bonds. The average Bonchev–Trinajstić information content (AvgIpc) is 3.33. The highest BCUT2D eigenvalue weighted by atomic mass is 28.4. The third-order valence-corrected chi connectivity index (χ3v) is 18.4. The number of carbonyl (C=O) groups is 1. The van der Waals surface area contributed by atoms with Crippen molar-refractivity contribution in [3.63, 3.8) is 0 Å². The second kappa shape index (κ2) is 21.3. The number of aromatic nitrogens is 1. The van der Waals surface area contributed by atoms with E-state index < -0.39 is 14.4 Å². The highest BCUT2D eigenvalue weighted by Gasteiger charge is 2.41. The first-order valence-electron chi connectivity index (χ1n) is 23.9. The van der Waals surface area contributed by atoms with Crippen LogP contribution in [0.3, 0.4) is 0 Å². The summed E-state index contributed by atoms with van der Waals surface area (Å²) >= 11 is 0. The van der Waals surface area contributed by atoms with E-state index in [0.717, 1.165) is 96.5 Å². The number of amides is 1. The van der Waals surface area contributed by atoms with E-state index >= 15 is 0 Å². The molecule has 0 saturated carbocycles. The van der Waals surface area contributed by atoms with Gasteiger partial charge in [0, 0.05) is 30.1 Å². The van der Waals surface area contributed by atoms with E-state index in [1.54, 1.807) is 11.0 Å². The van der Waals surface area contributed by atoms with Gasteiger partial charge in [0.1, 0.15) is 18.1 Å². The SMILES string of the molecule is CC(C)(C)[Si](C)(C)O[C@@H](CNCCc1ccc(OCC/C=C/c2ccc(N(C(=O)O)[C@H]3CN4CCC3CC4)c(-c3ccccc3)c2)cc1)c1ccc(OCc2ccccc2)c2[nH]c(=O)ccc12. The van der Waals surface area contributed by atoms with Gasteiger partial charge in [0.2, 0.25) is 5.56 Å². The Bertz CT molecular complexity index is 2670. The molecule has 350 valence electrons. The highest BCUT2D eigenvalue weighted by Crippen LogP contribution is 2.42. The van der Waals surface area contributed by atoms with Gasteiger partial charge in [-0.15, -0.1) is 0 Å². The van der Waals surface area contributed by atoms with Crippen molar-refractivity contribution in [2.75, 3.05) is 44.2 Å². The second-order valence-corrected chi connectivity index (χ2v) is 24.3. The Morgan fingerprint density at radius 2 is 1.63 bits per heavy atom. The van der Waals surface area contributed by atoms with Gasteiger partial charge in [-0.25, -0.2) is 4.79 Å². The number of hydrogen-bond donors (Lipinski definition) is 3. The van der Waals surface area contributed by atoms with Crippen LogP contribution in [-0.4, -0.2) is 74.8 Å². The molecule has 1 aromatic heterocycles. The summed E-state index contributed by atoms with van der Waals surface area (Å²) in [5, 5.41) is 15.2. The molecule has 3 N–H and O–H groups in total. The minimum atomic E-state index is -2.20. The van der Waals surface area contributed by atoms with Crippen LogP contribution in [0, 0.1) is 5.92 Å². The van der Waals surface area contributed by atoms with Gasteiger partial charge in [0.25, 0.3) is 0 Å². The lowest BCUT2D eigenvalue weighted by molar-refractivity contribution is 0.0838. The maximum Gasteiger partial charge on any atom is 0.412 e. The number of H-pyrrole nitrogens is 1. The van der Waals surface area contributed by atoms with E-state index in [4.69, 9.17) is 13.9 Å². The molecular formula is C56H66N4O6Si. The number of ether oxygens (including phenoxy) is 2. The molecule has 0 unspecified atom stereocenters. The van der Waals surface area contributed by atoms with Crippen molar-refractivity contribution >= 4 is 37.1 Å². The number of benzene rings is 5. The molecule has 0 spiro atoms. The number of aromatic amines is 1. The van der Waals surface area contributed by atoms with Crippen LogP contribution in [0.2, 0.25) is 18.1 Å². The molecule has 10 nitrogen and oxygen atoms in total. The summed E-state index contributed by atoms with van der Waals surface area (Å²) in [6.45, 7) is 16.5. The monoisotopic (exact) mass is 918 g/mol. The van der Waals surface area contributed by atoms with E-state index in [2.05, 4.69) is 97.6 Å². The van der Waals surface area contributed by atoms with Crippen LogP contribution in [-0.2, 0) is 17.5 Å². The Kier molecular flexibility index (Phi) is 15.1. The van der Waals surface area contributed by atoms with Gasteiger partial charge in [-0.05, 0) is 134 Å². The zero-order valence-corrected chi connectivity index (χ0v) is 40.7. The molecule has 6 aromatic rings. The van der Waals surface area contributed by atoms with Gasteiger partial charge in [0.15, 0.2) is 8.32 Å². The highest BCUT2D eigenvalue weighted by molar-refractivity contribution is 6.74. The molecule has 4 heterocycles. The minimum Gasteiger partial charge on any atom is -0.493 e. The predicted octanol–water partition coefficient (Wildman–Crippen LogP) is 11.7. The standard InChI is InChI=1S/C56H66N4O6Si/c1-56(2,3)67(4,5)66-52(46-24-27-51(54-47(46)25-28-53(61)58-54)65-39-42-15-8-6-9-16-42)37-57-32-29-40-19-22-45(23-20-40)64-35-13-12-14-41-21-26-49(48(36-41)43-17-10-7-11-18-43)60(55(62)63)50-38-59-33-30-44(50)31-34-59/h6-12,14-28,36,44,50,52,57H,13,29-35,37-39H2,1-5H3,(H,58,61)(H,62,63)/b14-12+/t50-,52-/m0/s1. The summed E-state index contributed by atoms with van der Waals surface area (Å²) in [5.74, 6) is 1.84. The predicted molar refractivity (Wildman–Crippen MR) is 274 cm³/mol. The maximum absolute atomic E-state index is 12.9. The Morgan fingerprint density at radius 3 is 2.31 bits per heavy atom. The van der Waals surface area contributed by atoms with Gasteiger partial charge in [-0.1, -0.05) is 118 Å². The van der Waals surface area contributed by atoms with Crippen LogP contribution >= 0.6 is 0 Å². The summed E-state index contributed by atoms with van der Waals surface area (Å²) in [7, 11) is -2.20. The van der Waals surface area contributed by atoms with Crippen molar-refractivity contribution in [1.82, 2.24) is 15.2 Å². The average molecular weight is 919 g/mol. The number of fused-ring (bicyclic) bond motifs is 4. The fourth-order valence-electron chi connectivity index (χ4n) is 9.18. The third kappa shape index (κ3) is 11.8. The minimum absolute atomic E-state index is 0.00716. The first-order chi connectivity index (χ1) is 32.3. The number of piperidine rings is 3. The van der Waals surface area contributed by atoms with Crippen molar-refractivity contribution in [2.45, 2.75) is 83.3 Å². The molecule has 0 aliphatic carbocycles. The van der Waals surface area contributed by atoms with Crippen molar-refractivity contribution in [2.24, 2.45) is 5.92 Å². The topological polar surface area (TPSA) is 116 Å². The molecular weight excluding hydrogens is 853 g/mol. The van der Waals surface area contributed by atoms with E-state index in [1.807, 2.05) is 84.9 Å². The van der Waals surface area contributed by atoms with Gasteiger partial charge in [-0.2, -0.15) is 0 Å². The van der Waals surface area contributed by atoms with E-state index in [9.17, 15) is 14.7 Å². The normalized spacial score (nSPS) is 17.7. The van der Waals surface area contributed by atoms with Crippen molar-refractivity contribution < 1.29 is 23.8 Å². The van der Waals surface area contributed by atoms with E-state index in [1.165, 1.54) is 5.56 Å². The summed E-state index contributed by atoms with van der Waals surface area (Å²) in [6, 6.07) is 42.0. The summed E-state index contributed by atoms with van der Waals surface area (Å²) < 4.78 is 19.5. The van der Waals surface area contributed by atoms with Gasteiger partial charge < -0.3 is 34.2 Å². The number of hydrogen-bond acceptors (Lipinski definition) is 7.